The molecule has 0 bridgehead atoms. The molecule has 4 rings (SSSR count). The SMILES string of the molecule is CCC1(c2c(C#N)c(C(F)(F)F)c3cnc(NC4CCOCC4O)nn23)CCCO1. The van der Waals surface area contributed by atoms with Crippen LogP contribution in [-0.2, 0) is 21.3 Å². The van der Waals surface area contributed by atoms with E-state index in [9.17, 15) is 23.5 Å². The fourth-order valence-corrected chi connectivity index (χ4v) is 4.31. The van der Waals surface area contributed by atoms with Gasteiger partial charge in [0.05, 0.1) is 41.7 Å². The Labute approximate surface area is 170 Å². The lowest BCUT2D eigenvalue weighted by Gasteiger charge is -2.29. The Morgan fingerprint density at radius 1 is 1.43 bits per heavy atom. The molecular weight excluding hydrogens is 403 g/mol. The van der Waals surface area contributed by atoms with Gasteiger partial charge in [-0.3, -0.25) is 0 Å². The molecule has 2 N–H and O–H groups in total. The number of hydrogen-bond acceptors (Lipinski definition) is 7. The second-order valence-electron chi connectivity index (χ2n) is 7.57. The smallest absolute Gasteiger partial charge is 0.389 e. The zero-order valence-electron chi connectivity index (χ0n) is 16.4. The van der Waals surface area contributed by atoms with Gasteiger partial charge in [0.1, 0.15) is 17.2 Å². The minimum Gasteiger partial charge on any atom is -0.389 e. The summed E-state index contributed by atoms with van der Waals surface area (Å²) in [5.74, 6) is 0.0622. The Morgan fingerprint density at radius 2 is 2.23 bits per heavy atom. The van der Waals surface area contributed by atoms with E-state index in [1.807, 2.05) is 6.92 Å². The summed E-state index contributed by atoms with van der Waals surface area (Å²) in [6, 6.07) is 1.35. The number of ether oxygens (including phenoxy) is 2. The molecule has 3 atom stereocenters. The van der Waals surface area contributed by atoms with Crippen LogP contribution in [0.3, 0.4) is 0 Å². The molecule has 8 nitrogen and oxygen atoms in total. The normalized spacial score (nSPS) is 27.3. The van der Waals surface area contributed by atoms with Crippen LogP contribution in [0.4, 0.5) is 19.1 Å². The molecule has 0 spiro atoms. The second kappa shape index (κ2) is 7.68. The van der Waals surface area contributed by atoms with Crippen molar-refractivity contribution in [3.05, 3.63) is 23.0 Å². The van der Waals surface area contributed by atoms with Crippen molar-refractivity contribution in [2.75, 3.05) is 25.1 Å². The largest absolute Gasteiger partial charge is 0.419 e. The molecule has 4 heterocycles. The van der Waals surface area contributed by atoms with Crippen LogP contribution >= 0.6 is 0 Å². The third kappa shape index (κ3) is 3.38. The van der Waals surface area contributed by atoms with Crippen LogP contribution in [0.15, 0.2) is 6.20 Å². The van der Waals surface area contributed by atoms with Crippen LogP contribution in [0.1, 0.15) is 49.4 Å². The zero-order chi connectivity index (χ0) is 21.5. The Hall–Kier alpha value is -2.42. The molecule has 0 aromatic carbocycles. The van der Waals surface area contributed by atoms with Crippen LogP contribution in [0, 0.1) is 11.3 Å². The first-order chi connectivity index (χ1) is 14.3. The third-order valence-electron chi connectivity index (χ3n) is 5.83. The summed E-state index contributed by atoms with van der Waals surface area (Å²) in [5.41, 5.74) is -2.76. The van der Waals surface area contributed by atoms with Crippen LogP contribution in [-0.4, -0.2) is 51.7 Å². The highest BCUT2D eigenvalue weighted by Gasteiger charge is 2.47. The number of hydrogen-bond donors (Lipinski definition) is 2. The lowest BCUT2D eigenvalue weighted by Crippen LogP contribution is -2.42. The Bertz CT molecular complexity index is 978. The highest BCUT2D eigenvalue weighted by Crippen LogP contribution is 2.46. The number of aliphatic hydroxyl groups excluding tert-OH is 1. The number of halogens is 3. The van der Waals surface area contributed by atoms with Crippen molar-refractivity contribution in [3.63, 3.8) is 0 Å². The molecule has 2 aromatic heterocycles. The van der Waals surface area contributed by atoms with Crippen molar-refractivity contribution in [1.29, 1.82) is 5.26 Å². The van der Waals surface area contributed by atoms with E-state index in [0.29, 0.717) is 38.9 Å². The molecule has 0 radical (unpaired) electrons. The van der Waals surface area contributed by atoms with Gasteiger partial charge in [-0.1, -0.05) is 6.92 Å². The summed E-state index contributed by atoms with van der Waals surface area (Å²) in [5, 5.41) is 27.0. The van der Waals surface area contributed by atoms with Gasteiger partial charge in [0, 0.05) is 13.2 Å². The lowest BCUT2D eigenvalue weighted by molar-refractivity contribution is -0.136. The first-order valence-corrected chi connectivity index (χ1v) is 9.86. The van der Waals surface area contributed by atoms with Gasteiger partial charge < -0.3 is 19.9 Å². The summed E-state index contributed by atoms with van der Waals surface area (Å²) in [4.78, 5) is 4.03. The molecule has 11 heteroatoms. The van der Waals surface area contributed by atoms with Gasteiger partial charge in [0.2, 0.25) is 5.95 Å². The van der Waals surface area contributed by atoms with Gasteiger partial charge in [-0.15, -0.1) is 5.10 Å². The fourth-order valence-electron chi connectivity index (χ4n) is 4.31. The molecule has 2 saturated heterocycles. The molecule has 0 saturated carbocycles. The summed E-state index contributed by atoms with van der Waals surface area (Å²) >= 11 is 0. The molecule has 2 fully saturated rings. The van der Waals surface area contributed by atoms with Crippen molar-refractivity contribution in [2.45, 2.75) is 56.5 Å². The number of nitriles is 1. The van der Waals surface area contributed by atoms with Crippen molar-refractivity contribution >= 4 is 11.5 Å². The van der Waals surface area contributed by atoms with E-state index in [1.165, 1.54) is 0 Å². The van der Waals surface area contributed by atoms with E-state index < -0.39 is 35.1 Å². The van der Waals surface area contributed by atoms with Gasteiger partial charge in [0.15, 0.2) is 0 Å². The number of aromatic nitrogens is 3. The van der Waals surface area contributed by atoms with Crippen LogP contribution in [0.5, 0.6) is 0 Å². The molecule has 0 aliphatic carbocycles. The Balaban J connectivity index is 1.89. The quantitative estimate of drug-likeness (QED) is 0.776. The average molecular weight is 425 g/mol. The van der Waals surface area contributed by atoms with E-state index in [2.05, 4.69) is 15.4 Å². The van der Waals surface area contributed by atoms with Crippen molar-refractivity contribution < 1.29 is 27.8 Å². The standard InChI is InChI=1S/C19H22F3N5O3/c1-2-18(5-3-6-30-18)16-11(8-23)15(19(20,21)22)13-9-24-17(26-27(13)16)25-12-4-7-29-10-14(12)28/h9,12,14,28H,2-7,10H2,1H3,(H,25,26). The van der Waals surface area contributed by atoms with Crippen molar-refractivity contribution in [3.8, 4) is 6.07 Å². The van der Waals surface area contributed by atoms with Crippen molar-refractivity contribution in [1.82, 2.24) is 14.6 Å². The number of nitrogens with one attached hydrogen (secondary N) is 1. The van der Waals surface area contributed by atoms with Gasteiger partial charge in [-0.2, -0.15) is 18.4 Å². The van der Waals surface area contributed by atoms with Gasteiger partial charge in [0.25, 0.3) is 0 Å². The van der Waals surface area contributed by atoms with E-state index in [-0.39, 0.29) is 23.8 Å². The molecule has 30 heavy (non-hydrogen) atoms. The number of nitrogens with zero attached hydrogens (tertiary/aromatic N) is 4. The van der Waals surface area contributed by atoms with Crippen LogP contribution in [0.25, 0.3) is 5.52 Å². The molecule has 2 aliphatic rings. The van der Waals surface area contributed by atoms with E-state index >= 15 is 0 Å². The molecule has 2 aromatic rings. The first kappa shape index (κ1) is 20.8. The van der Waals surface area contributed by atoms with Crippen LogP contribution in [0.2, 0.25) is 0 Å². The molecule has 162 valence electrons. The highest BCUT2D eigenvalue weighted by atomic mass is 19.4. The Kier molecular flexibility index (Phi) is 5.34. The van der Waals surface area contributed by atoms with E-state index in [0.717, 1.165) is 10.7 Å². The van der Waals surface area contributed by atoms with Gasteiger partial charge >= 0.3 is 6.18 Å². The molecule has 2 aliphatic heterocycles. The highest BCUT2D eigenvalue weighted by molar-refractivity contribution is 5.66. The molecule has 0 amide bonds. The topological polar surface area (TPSA) is 105 Å². The summed E-state index contributed by atoms with van der Waals surface area (Å²) in [6.07, 6.45) is -2.41. The molecule has 3 unspecified atom stereocenters. The summed E-state index contributed by atoms with van der Waals surface area (Å²) in [7, 11) is 0. The predicted octanol–water partition coefficient (Wildman–Crippen LogP) is 2.60. The maximum Gasteiger partial charge on any atom is 0.419 e. The Morgan fingerprint density at radius 3 is 2.83 bits per heavy atom. The summed E-state index contributed by atoms with van der Waals surface area (Å²) in [6.45, 7) is 2.81. The third-order valence-corrected chi connectivity index (χ3v) is 5.83. The average Bonchev–Trinajstić information content (AvgIpc) is 3.31. The number of rotatable bonds is 4. The van der Waals surface area contributed by atoms with E-state index in [1.54, 1.807) is 6.07 Å². The number of fused-ring (bicyclic) bond motifs is 1. The molecular formula is C19H22F3N5O3. The first-order valence-electron chi connectivity index (χ1n) is 9.86. The minimum atomic E-state index is -4.75. The fraction of sp³-hybridized carbons (Fsp3) is 0.632. The number of aliphatic hydroxyl groups is 1. The lowest BCUT2D eigenvalue weighted by atomic mass is 9.90. The number of alkyl halides is 3. The second-order valence-corrected chi connectivity index (χ2v) is 7.57. The maximum atomic E-state index is 13.9. The van der Waals surface area contributed by atoms with Gasteiger partial charge in [-0.25, -0.2) is 9.50 Å². The monoisotopic (exact) mass is 425 g/mol. The van der Waals surface area contributed by atoms with E-state index in [4.69, 9.17) is 9.47 Å². The van der Waals surface area contributed by atoms with Crippen molar-refractivity contribution in [2.24, 2.45) is 0 Å². The predicted molar refractivity (Wildman–Crippen MR) is 98.7 cm³/mol. The van der Waals surface area contributed by atoms with Gasteiger partial charge in [-0.05, 0) is 25.7 Å². The number of anilines is 1. The minimum absolute atomic E-state index is 0.0622. The van der Waals surface area contributed by atoms with Crippen LogP contribution < -0.4 is 5.32 Å². The summed E-state index contributed by atoms with van der Waals surface area (Å²) < 4.78 is 53.9. The zero-order valence-corrected chi connectivity index (χ0v) is 16.4. The maximum absolute atomic E-state index is 13.9.